The van der Waals surface area contributed by atoms with Gasteiger partial charge in [0.25, 0.3) is 5.91 Å². The van der Waals surface area contributed by atoms with Crippen LogP contribution in [0.2, 0.25) is 15.5 Å². The summed E-state index contributed by atoms with van der Waals surface area (Å²) in [7, 11) is 13.8. The van der Waals surface area contributed by atoms with Crippen LogP contribution in [-0.4, -0.2) is 96.0 Å². The van der Waals surface area contributed by atoms with Crippen molar-refractivity contribution in [2.45, 2.75) is 27.8 Å². The maximum atomic E-state index is 16.7. The third kappa shape index (κ3) is 5.30. The lowest BCUT2D eigenvalue weighted by Gasteiger charge is -2.58. The van der Waals surface area contributed by atoms with Gasteiger partial charge in [-0.25, -0.2) is 8.78 Å². The van der Waals surface area contributed by atoms with Crippen LogP contribution >= 0.6 is 11.6 Å². The molecule has 2 heterocycles. The van der Waals surface area contributed by atoms with Crippen molar-refractivity contribution in [3.8, 4) is 0 Å². The van der Waals surface area contributed by atoms with Crippen molar-refractivity contribution in [3.05, 3.63) is 64.2 Å². The highest BCUT2D eigenvalue weighted by molar-refractivity contribution is 6.58. The summed E-state index contributed by atoms with van der Waals surface area (Å²) >= 11 is 5.87. The number of rotatable bonds is 6. The minimum Gasteiger partial charge on any atom is -0.340 e. The van der Waals surface area contributed by atoms with Crippen molar-refractivity contribution in [1.29, 1.82) is 0 Å². The molecule has 1 aromatic heterocycles. The van der Waals surface area contributed by atoms with Crippen molar-refractivity contribution in [1.82, 2.24) is 15.2 Å². The fraction of sp³-hybridized carbons (Fsp3) is 0.400. The summed E-state index contributed by atoms with van der Waals surface area (Å²) in [4.78, 5) is 19.3. The van der Waals surface area contributed by atoms with Gasteiger partial charge in [-0.2, -0.15) is 0 Å². The minimum absolute atomic E-state index is 0.0284. The molecular weight excluding hydrogens is 447 g/mol. The molecule has 1 aliphatic rings. The van der Waals surface area contributed by atoms with Crippen LogP contribution in [0, 0.1) is 5.82 Å². The van der Waals surface area contributed by atoms with E-state index < -0.39 is 21.9 Å². The molecule has 172 valence electrons. The Morgan fingerprint density at radius 2 is 1.74 bits per heavy atom. The first kappa shape index (κ1) is 27.0. The Balaban J connectivity index is 1.72. The third-order valence-corrected chi connectivity index (χ3v) is 7.43. The van der Waals surface area contributed by atoms with E-state index in [0.29, 0.717) is 12.1 Å². The Hall–Kier alpha value is -1.60. The molecule has 2 aromatic rings. The predicted octanol–water partition coefficient (Wildman–Crippen LogP) is -3.40. The van der Waals surface area contributed by atoms with Crippen LogP contribution in [0.25, 0.3) is 0 Å². The molecule has 0 radical (unpaired) electrons. The van der Waals surface area contributed by atoms with E-state index in [-0.39, 0.29) is 35.7 Å². The highest BCUT2D eigenvalue weighted by Crippen LogP contribution is 2.54. The van der Waals surface area contributed by atoms with E-state index >= 15 is 4.39 Å². The first-order chi connectivity index (χ1) is 15.6. The molecule has 1 aliphatic heterocycles. The molecule has 0 atom stereocenters. The van der Waals surface area contributed by atoms with Gasteiger partial charge in [-0.1, -0.05) is 22.8 Å². The average Bonchev–Trinajstić information content (AvgIpc) is 2.73. The van der Waals surface area contributed by atoms with Gasteiger partial charge in [-0.15, -0.1) is 0 Å². The van der Waals surface area contributed by atoms with E-state index in [4.69, 9.17) is 11.6 Å². The highest BCUT2D eigenvalue weighted by atomic mass is 35.5. The number of alkyl halides is 1. The van der Waals surface area contributed by atoms with Crippen molar-refractivity contribution in [2.24, 2.45) is 0 Å². The maximum absolute atomic E-state index is 16.7. The first-order valence-electron chi connectivity index (χ1n) is 11.7. The molecule has 0 aliphatic carbocycles. The smallest absolute Gasteiger partial charge is 0.253 e. The number of carbonyl (C=O) groups is 1. The molecule has 1 fully saturated rings. The number of carbonyl (C=O) groups excluding carboxylic acids is 1. The maximum Gasteiger partial charge on any atom is 0.253 e. The largest absolute Gasteiger partial charge is 0.340 e. The molecule has 34 heavy (non-hydrogen) atoms. The standard InChI is InChI=1S/C20H29B7ClF2N3O/c21-18(22)9-33(16(34)11-1-4-15(29)14(28)5-11)10-19(23,24)17(18,30)8-31-7-13-3-2-12(6-32-13)20(25,26)27/h1-6,31H,7-10,21-27H2. The van der Waals surface area contributed by atoms with Crippen molar-refractivity contribution < 1.29 is 13.6 Å². The Morgan fingerprint density at radius 1 is 1.12 bits per heavy atom. The summed E-state index contributed by atoms with van der Waals surface area (Å²) in [5.74, 6) is -0.852. The van der Waals surface area contributed by atoms with Crippen LogP contribution in [0.3, 0.4) is 0 Å². The molecule has 3 rings (SSSR count). The second-order valence-corrected chi connectivity index (χ2v) is 12.2. The zero-order chi connectivity index (χ0) is 25.5. The van der Waals surface area contributed by atoms with Crippen molar-refractivity contribution in [2.75, 3.05) is 19.6 Å². The molecule has 1 saturated heterocycles. The second-order valence-electron chi connectivity index (χ2n) is 11.8. The van der Waals surface area contributed by atoms with Gasteiger partial charge in [0.1, 0.15) is 42.9 Å². The van der Waals surface area contributed by atoms with E-state index in [1.165, 1.54) is 18.2 Å². The summed E-state index contributed by atoms with van der Waals surface area (Å²) in [5.41, 5.74) is 0.725. The quantitative estimate of drug-likeness (QED) is 0.443. The summed E-state index contributed by atoms with van der Waals surface area (Å²) in [6.07, 6.45) is 1.88. The van der Waals surface area contributed by atoms with Gasteiger partial charge < -0.3 is 10.2 Å². The molecule has 4 nitrogen and oxygen atoms in total. The first-order valence-corrected chi connectivity index (χ1v) is 12.0. The number of piperidine rings is 1. The Kier molecular flexibility index (Phi) is 7.51. The zero-order valence-corrected chi connectivity index (χ0v) is 22.0. The van der Waals surface area contributed by atoms with E-state index in [2.05, 4.69) is 39.9 Å². The molecule has 0 bridgehead atoms. The zero-order valence-electron chi connectivity index (χ0n) is 21.2. The number of likely N-dealkylation sites (tertiary alicyclic amines) is 1. The summed E-state index contributed by atoms with van der Waals surface area (Å²) in [5, 5.41) is 1.54. The molecule has 0 unspecified atom stereocenters. The fourth-order valence-electron chi connectivity index (χ4n) is 4.95. The summed E-state index contributed by atoms with van der Waals surface area (Å²) < 4.78 is 30.3. The van der Waals surface area contributed by atoms with Crippen LogP contribution in [0.1, 0.15) is 21.6 Å². The Labute approximate surface area is 212 Å². The lowest BCUT2D eigenvalue weighted by molar-refractivity contribution is 0.0245. The van der Waals surface area contributed by atoms with E-state index in [1.54, 1.807) is 4.90 Å². The Bertz CT molecular complexity index is 1050. The molecule has 0 saturated carbocycles. The molecule has 0 spiro atoms. The van der Waals surface area contributed by atoms with Gasteiger partial charge in [0.05, 0.1) is 34.3 Å². The number of amides is 1. The summed E-state index contributed by atoms with van der Waals surface area (Å²) in [6.45, 7) is 1.07. The lowest BCUT2D eigenvalue weighted by Crippen LogP contribution is -2.67. The highest BCUT2D eigenvalue weighted by Gasteiger charge is 2.59. The number of hydrogen-bond acceptors (Lipinski definition) is 3. The van der Waals surface area contributed by atoms with Crippen LogP contribution in [0.5, 0.6) is 0 Å². The fourth-order valence-corrected chi connectivity index (χ4v) is 5.13. The number of nitrogens with zero attached hydrogens (tertiary/aromatic N) is 2. The topological polar surface area (TPSA) is 45.2 Å². The van der Waals surface area contributed by atoms with Gasteiger partial charge >= 0.3 is 0 Å². The molecule has 1 aromatic carbocycles. The second kappa shape index (κ2) is 9.46. The monoisotopic (exact) mass is 477 g/mol. The van der Waals surface area contributed by atoms with E-state index in [1.807, 2.05) is 43.6 Å². The Morgan fingerprint density at radius 3 is 2.24 bits per heavy atom. The number of benzene rings is 1. The van der Waals surface area contributed by atoms with E-state index in [0.717, 1.165) is 11.3 Å². The molecule has 1 amide bonds. The number of hydrogen-bond donors (Lipinski definition) is 1. The number of aromatic nitrogens is 1. The van der Waals surface area contributed by atoms with Crippen LogP contribution in [0.4, 0.5) is 8.78 Å². The van der Waals surface area contributed by atoms with Gasteiger partial charge in [0.2, 0.25) is 0 Å². The number of nitrogens with one attached hydrogen (secondary N) is 1. The normalized spacial score (nSPS) is 19.0. The van der Waals surface area contributed by atoms with Crippen molar-refractivity contribution in [3.63, 3.8) is 0 Å². The summed E-state index contributed by atoms with van der Waals surface area (Å²) in [6, 6.07) is 7.97. The minimum atomic E-state index is -1.58. The van der Waals surface area contributed by atoms with Crippen LogP contribution < -0.4 is 5.32 Å². The SMILES string of the molecule is BC(B)(B)c1ccc(CNCC2(F)C(B)(B)CN(C(=O)c3ccc(F)c(Cl)c3)CC2(B)B)nc1. The number of pyridine rings is 1. The van der Waals surface area contributed by atoms with Gasteiger partial charge in [-0.3, -0.25) is 9.78 Å². The molecule has 14 heteroatoms. The molecular formula is C20H29B7ClF2N3O. The van der Waals surface area contributed by atoms with Gasteiger partial charge in [-0.05, 0) is 40.3 Å². The predicted molar refractivity (Wildman–Crippen MR) is 154 cm³/mol. The third-order valence-electron chi connectivity index (χ3n) is 7.14. The number of halogens is 3. The molecule has 1 N–H and O–H groups in total. The van der Waals surface area contributed by atoms with Gasteiger partial charge in [0.15, 0.2) is 0 Å². The van der Waals surface area contributed by atoms with Crippen molar-refractivity contribution >= 4 is 72.4 Å². The van der Waals surface area contributed by atoms with E-state index in [9.17, 15) is 9.18 Å². The lowest BCUT2D eigenvalue weighted by atomic mass is 9.32. The van der Waals surface area contributed by atoms with Crippen LogP contribution in [0.15, 0.2) is 36.5 Å². The average molecular weight is 477 g/mol. The van der Waals surface area contributed by atoms with Gasteiger partial charge in [0, 0.05) is 37.9 Å². The van der Waals surface area contributed by atoms with Crippen LogP contribution in [-0.2, 0) is 11.7 Å².